The fourth-order valence-corrected chi connectivity index (χ4v) is 76.1. The third-order valence-corrected chi connectivity index (χ3v) is 67.3. The average Bonchev–Trinajstić information content (AvgIpc) is 1.46. The first-order valence-corrected chi connectivity index (χ1v) is 45.9. The van der Waals surface area contributed by atoms with E-state index in [1.807, 2.05) is 18.2 Å². The second-order valence-electron chi connectivity index (χ2n) is 35.4. The number of nitrogens with zero attached hydrogens (tertiary/aromatic N) is 4. The van der Waals surface area contributed by atoms with Gasteiger partial charge < -0.3 is 53.0 Å². The van der Waals surface area contributed by atoms with E-state index >= 15 is 0 Å². The first-order chi connectivity index (χ1) is 39.2. The van der Waals surface area contributed by atoms with Gasteiger partial charge >= 0.3 is 17.1 Å². The van der Waals surface area contributed by atoms with Crippen LogP contribution >= 0.6 is 0 Å². The summed E-state index contributed by atoms with van der Waals surface area (Å²) in [6.45, 7) is 63.5. The fourth-order valence-electron chi connectivity index (χ4n) is 20.7. The normalized spacial score (nSPS) is 35.7. The Labute approximate surface area is 606 Å². The molecule has 0 bridgehead atoms. The van der Waals surface area contributed by atoms with E-state index in [1.54, 1.807) is 30.3 Å². The number of hydrogen-bond donors (Lipinski definition) is 2. The monoisotopic (exact) mass is 1490 g/mol. The number of hydrogen-bond acceptors (Lipinski definition) is 6. The third-order valence-electron chi connectivity index (χ3n) is 24.4. The van der Waals surface area contributed by atoms with Gasteiger partial charge in [-0.15, -0.1) is 0 Å². The van der Waals surface area contributed by atoms with Crippen molar-refractivity contribution in [2.45, 2.75) is 295 Å². The number of nitrogens with one attached hydrogen (secondary N) is 2. The maximum Gasteiger partial charge on any atom is 0.344 e. The molecular formula is C70H124N6O6Si6Y2-2. The molecule has 4 aliphatic heterocycles. The summed E-state index contributed by atoms with van der Waals surface area (Å²) in [6, 6.07) is 18.9. The minimum atomic E-state index is -3.06. The predicted molar refractivity (Wildman–Crippen MR) is 382 cm³/mol. The van der Waals surface area contributed by atoms with Gasteiger partial charge in [-0.05, 0) is 156 Å². The number of benzene rings is 2. The van der Waals surface area contributed by atoms with Crippen LogP contribution in [0.3, 0.4) is 0 Å². The molecule has 2 aromatic rings. The maximum atomic E-state index is 13.8. The molecule has 2 radical (unpaired) electrons. The molecule has 8 rings (SSSR count). The Hall–Kier alpha value is -0.511. The van der Waals surface area contributed by atoms with Crippen LogP contribution in [0.4, 0.5) is 0 Å². The van der Waals surface area contributed by atoms with Gasteiger partial charge in [0.2, 0.25) is 0 Å². The summed E-state index contributed by atoms with van der Waals surface area (Å²) in [5, 5.41) is 6.80. The van der Waals surface area contributed by atoms with E-state index in [2.05, 4.69) is 200 Å². The minimum Gasteiger partial charge on any atom is -0.434 e. The Kier molecular flexibility index (Phi) is 26.1. The van der Waals surface area contributed by atoms with E-state index in [9.17, 15) is 9.59 Å². The van der Waals surface area contributed by atoms with Crippen LogP contribution in [0.1, 0.15) is 250 Å². The zero-order valence-electron chi connectivity index (χ0n) is 62.0. The van der Waals surface area contributed by atoms with Crippen LogP contribution in [0.2, 0.25) is 76.6 Å². The van der Waals surface area contributed by atoms with E-state index in [1.165, 1.54) is 51.0 Å². The summed E-state index contributed by atoms with van der Waals surface area (Å²) in [6.07, 6.45) is 10.9. The molecule has 0 spiro atoms. The largest absolute Gasteiger partial charge is 0.434 e. The van der Waals surface area contributed by atoms with Gasteiger partial charge in [0.1, 0.15) is 0 Å². The van der Waals surface area contributed by atoms with Crippen molar-refractivity contribution in [1.29, 1.82) is 0 Å². The van der Waals surface area contributed by atoms with Crippen LogP contribution in [0.5, 0.6) is 0 Å². The van der Waals surface area contributed by atoms with E-state index in [0.29, 0.717) is 51.2 Å². The smallest absolute Gasteiger partial charge is 0.344 e. The Morgan fingerprint density at radius 1 is 0.478 bits per heavy atom. The molecule has 2 saturated carbocycles. The molecule has 4 heterocycles. The fraction of sp³-hybridized carbons (Fsp3) is 0.743. The van der Waals surface area contributed by atoms with Crippen molar-refractivity contribution < 1.29 is 101 Å². The van der Waals surface area contributed by atoms with Crippen molar-refractivity contribution in [2.75, 3.05) is 12.3 Å². The second kappa shape index (κ2) is 28.0. The molecule has 8 atom stereocenters. The molecule has 6 fully saturated rings. The van der Waals surface area contributed by atoms with Crippen molar-refractivity contribution in [1.82, 2.24) is 10.6 Å². The SMILES string of the molecule is CC(C)[Si]1(CC(C)(C)C)O[Si]2(CNC(=O)c3ccc(C=[N+]=[N-])cc3)O[Si](CC(C)(C)C)(C(C)C)C3(C)CCCC1(C)C32C.CC(C)[Si]1(CC(C)(C)C)O[Si]2(CNC(=O)c3cccc(C=[N+]=[N-])c3)O[Si](CC(C)(C)C)(C(C)C)C3(C)CCCC1(C)C32C.[CH3-].[CH3-].[Y].[Y]. The van der Waals surface area contributed by atoms with Crippen LogP contribution in [-0.4, -0.2) is 96.6 Å². The molecule has 0 aromatic heterocycles. The van der Waals surface area contributed by atoms with Crippen LogP contribution in [-0.2, 0) is 81.9 Å². The van der Waals surface area contributed by atoms with E-state index in [-0.39, 0.29) is 144 Å². The van der Waals surface area contributed by atoms with Gasteiger partial charge in [-0.25, -0.2) is 0 Å². The van der Waals surface area contributed by atoms with Crippen molar-refractivity contribution in [3.8, 4) is 0 Å². The summed E-state index contributed by atoms with van der Waals surface area (Å²) in [5.74, 6) is -0.215. The standard InChI is InChI=1S/2C34H59N3O3Si3.2CH3.2Y/c1-25(2)41(22-30(5,6)7)32(11)19-14-20-33(12)34(32,13)43(39-41,40-42(33,26(3)4)23-31(8,9)10)24-36-29(38)28-17-15-27(16-18-28)21-37-35;1-25(2)41(22-30(5,6)7)32(11)18-15-19-33(12)34(32,13)43(39-41,40-42(33,26(3)4)23-31(8,9)10)24-36-29(38)28-17-14-16-27(20-28)21-37-35;;;;/h15-18,21,25-26H,14,19-20,22-24H2,1-13H3,(H,36,38);14,16-17,20-21,25-26H,15,18-19,22-24H2,1-13H3,(H,36,38);2*1H3;;/q;;2*-1;;. The van der Waals surface area contributed by atoms with E-state index < -0.39 is 50.4 Å². The van der Waals surface area contributed by atoms with Crippen molar-refractivity contribution in [3.63, 3.8) is 0 Å². The maximum absolute atomic E-state index is 13.8. The predicted octanol–water partition coefficient (Wildman–Crippen LogP) is 19.6. The molecule has 6 aliphatic rings. The van der Waals surface area contributed by atoms with Crippen molar-refractivity contribution in [3.05, 3.63) is 96.7 Å². The molecule has 8 unspecified atom stereocenters. The molecule has 12 nitrogen and oxygen atoms in total. The molecule has 2 N–H and O–H groups in total. The van der Waals surface area contributed by atoms with Crippen molar-refractivity contribution >= 4 is 74.6 Å². The zero-order chi connectivity index (χ0) is 65.0. The molecule has 4 saturated heterocycles. The number of carbonyl (C=O) groups excluding carboxylic acids is 2. The van der Waals surface area contributed by atoms with Gasteiger partial charge in [0, 0.05) is 86.6 Å². The average molecular weight is 1490 g/mol. The van der Waals surface area contributed by atoms with Gasteiger partial charge in [-0.2, -0.15) is 9.58 Å². The zero-order valence-corrected chi connectivity index (χ0v) is 73.6. The van der Waals surface area contributed by atoms with Crippen LogP contribution < -0.4 is 10.6 Å². The molecule has 502 valence electrons. The van der Waals surface area contributed by atoms with Gasteiger partial charge in [-0.3, -0.25) is 9.59 Å². The summed E-state index contributed by atoms with van der Waals surface area (Å²) in [7, 11) is -15.8. The third kappa shape index (κ3) is 13.1. The Bertz CT molecular complexity index is 2880. The number of rotatable bonds is 16. The van der Waals surface area contributed by atoms with E-state index in [4.69, 9.17) is 27.5 Å². The Balaban J connectivity index is 0.000000450. The number of carbonyl (C=O) groups is 2. The molecule has 2 aromatic carbocycles. The molecule has 2 aliphatic carbocycles. The summed E-state index contributed by atoms with van der Waals surface area (Å²) < 4.78 is 32.3. The summed E-state index contributed by atoms with van der Waals surface area (Å²) in [5.41, 5.74) is 22.9. The summed E-state index contributed by atoms with van der Waals surface area (Å²) in [4.78, 5) is 33.8. The van der Waals surface area contributed by atoms with Crippen LogP contribution in [0.25, 0.3) is 11.1 Å². The first kappa shape index (κ1) is 83.7. The Morgan fingerprint density at radius 2 is 0.756 bits per heavy atom. The topological polar surface area (TPSA) is 168 Å². The van der Waals surface area contributed by atoms with Gasteiger partial charge in [0.15, 0.2) is 33.3 Å². The van der Waals surface area contributed by atoms with Crippen molar-refractivity contribution in [2.24, 2.45) is 21.7 Å². The van der Waals surface area contributed by atoms with Crippen LogP contribution in [0, 0.1) is 36.5 Å². The quantitative estimate of drug-likeness (QED) is 0.0558. The summed E-state index contributed by atoms with van der Waals surface area (Å²) >= 11 is 0. The van der Waals surface area contributed by atoms with Crippen LogP contribution in [0.15, 0.2) is 48.5 Å². The molecule has 20 heteroatoms. The minimum absolute atomic E-state index is 0. The number of amides is 2. The first-order valence-electron chi connectivity index (χ1n) is 33.1. The van der Waals surface area contributed by atoms with Gasteiger partial charge in [0.25, 0.3) is 24.2 Å². The second-order valence-corrected chi connectivity index (χ2v) is 62.0. The molecular weight excluding hydrogens is 1370 g/mol. The Morgan fingerprint density at radius 3 is 1.02 bits per heavy atom. The van der Waals surface area contributed by atoms with Gasteiger partial charge in [-0.1, -0.05) is 199 Å². The van der Waals surface area contributed by atoms with Gasteiger partial charge in [0.05, 0.1) is 23.5 Å². The molecule has 90 heavy (non-hydrogen) atoms. The van der Waals surface area contributed by atoms with E-state index in [0.717, 1.165) is 29.7 Å². The molecule has 2 amide bonds.